The van der Waals surface area contributed by atoms with Gasteiger partial charge in [-0.15, -0.1) is 0 Å². The molecule has 0 saturated heterocycles. The van der Waals surface area contributed by atoms with Crippen LogP contribution in [0.4, 0.5) is 4.79 Å². The van der Waals surface area contributed by atoms with Crippen LogP contribution >= 0.6 is 0 Å². The van der Waals surface area contributed by atoms with Crippen molar-refractivity contribution in [3.63, 3.8) is 0 Å². The van der Waals surface area contributed by atoms with E-state index in [2.05, 4.69) is 0 Å². The van der Waals surface area contributed by atoms with Crippen molar-refractivity contribution in [2.45, 2.75) is 0 Å². The summed E-state index contributed by atoms with van der Waals surface area (Å²) in [6, 6.07) is 0. The van der Waals surface area contributed by atoms with Gasteiger partial charge in [0.1, 0.15) is 0 Å². The van der Waals surface area contributed by atoms with Gasteiger partial charge in [0.2, 0.25) is 0 Å². The molecule has 0 aliphatic carbocycles. The molecule has 3 nitrogen and oxygen atoms in total. The summed E-state index contributed by atoms with van der Waals surface area (Å²) >= 11 is 0. The summed E-state index contributed by atoms with van der Waals surface area (Å²) < 4.78 is 8.91. The van der Waals surface area contributed by atoms with Gasteiger partial charge in [-0.2, -0.15) is 0 Å². The van der Waals surface area contributed by atoms with Crippen LogP contribution in [0.25, 0.3) is 0 Å². The van der Waals surface area contributed by atoms with Crippen molar-refractivity contribution in [1.29, 1.82) is 0 Å². The molecule has 5 heavy (non-hydrogen) atoms. The van der Waals surface area contributed by atoms with E-state index in [9.17, 15) is 0 Å². The average molecular weight is 71.8 g/mol. The molecule has 0 aromatic rings. The van der Waals surface area contributed by atoms with Crippen LogP contribution in [0, 0.1) is 0 Å². The van der Waals surface area contributed by atoms with E-state index >= 15 is 0 Å². The maximum absolute atomic E-state index is 9.00. The molecule has 1 N–H and O–H groups in total. The van der Waals surface area contributed by atoms with E-state index < -0.39 is 5.87 Å². The van der Waals surface area contributed by atoms with Crippen LogP contribution in [-0.2, 0) is 4.70 Å². The van der Waals surface area contributed by atoms with Gasteiger partial charge in [-0.25, -0.2) is 0 Å². The second-order valence-electron chi connectivity index (χ2n) is 0.456. The topological polar surface area (TPSA) is 54.4 Å². The standard InChI is InChI=1S/CHBO3/c3-1(4)2-5/h(H,3,4). The van der Waals surface area contributed by atoms with Crippen molar-refractivity contribution < 1.29 is 14.6 Å². The van der Waals surface area contributed by atoms with Gasteiger partial charge >= 0.3 is 27.6 Å². The monoisotopic (exact) mass is 72.0 g/mol. The summed E-state index contributed by atoms with van der Waals surface area (Å²) in [5.74, 6) is -1.43. The summed E-state index contributed by atoms with van der Waals surface area (Å²) in [6.07, 6.45) is 0. The molecule has 0 aliphatic heterocycles. The predicted molar refractivity (Wildman–Crippen MR) is 14.5 cm³/mol. The van der Waals surface area contributed by atoms with Crippen molar-refractivity contribution in [2.75, 3.05) is 0 Å². The van der Waals surface area contributed by atoms with Gasteiger partial charge in [-0.3, -0.25) is 0 Å². The Labute approximate surface area is 28.9 Å². The minimum absolute atomic E-state index is 0.167. The molecule has 0 heterocycles. The van der Waals surface area contributed by atoms with E-state index in [1.165, 1.54) is 0 Å². The van der Waals surface area contributed by atoms with Crippen LogP contribution in [0.1, 0.15) is 0 Å². The molecule has 0 aliphatic rings. The van der Waals surface area contributed by atoms with Crippen molar-refractivity contribution in [3.8, 4) is 0 Å². The van der Waals surface area contributed by atoms with Crippen LogP contribution in [0.5, 0.6) is 0 Å². The number of hydrogen-bond donors (Lipinski definition) is 1. The molecule has 0 bridgehead atoms. The van der Waals surface area contributed by atoms with E-state index in [0.717, 1.165) is 0 Å². The van der Waals surface area contributed by atoms with Gasteiger partial charge in [0.05, 0.1) is 0 Å². The second-order valence-corrected chi connectivity index (χ2v) is 0.456. The Bertz CT molecular complexity index is 57.9. The van der Waals surface area contributed by atoms with Gasteiger partial charge < -0.3 is 0 Å². The number of carboxylic acid groups (broad SMARTS) is 1. The quantitative estimate of drug-likeness (QED) is 0.433. The predicted octanol–water partition coefficient (Wildman–Crippen LogP) is -0.286. The van der Waals surface area contributed by atoms with Crippen molar-refractivity contribution in [3.05, 3.63) is 0 Å². The summed E-state index contributed by atoms with van der Waals surface area (Å²) in [5.41, 5.74) is 0. The molecule has 0 rings (SSSR count). The van der Waals surface area contributed by atoms with Gasteiger partial charge in [0.25, 0.3) is 0 Å². The van der Waals surface area contributed by atoms with E-state index in [-0.39, 0.29) is 7.15 Å². The molecule has 0 radical (unpaired) electrons. The Morgan fingerprint density at radius 2 is 2.00 bits per heavy atom. The van der Waals surface area contributed by atoms with Crippen molar-refractivity contribution in [2.24, 2.45) is 0 Å². The molecule has 0 amide bonds. The van der Waals surface area contributed by atoms with Crippen molar-refractivity contribution >= 4 is 13.0 Å². The molecule has 0 unspecified atom stereocenters. The first-order valence-corrected chi connectivity index (χ1v) is 0.952. The van der Waals surface area contributed by atoms with Crippen LogP contribution in [-0.4, -0.2) is 18.1 Å². The molecule has 4 heteroatoms. The Morgan fingerprint density at radius 3 is 2.00 bits per heavy atom. The SMILES string of the molecule is O=BC(=O)O. The molecule has 0 aromatic heterocycles. The van der Waals surface area contributed by atoms with E-state index in [0.29, 0.717) is 0 Å². The Kier molecular flexibility index (Phi) is 1.42. The van der Waals surface area contributed by atoms with E-state index in [1.54, 1.807) is 0 Å². The second kappa shape index (κ2) is 1.63. The zero-order chi connectivity index (χ0) is 4.28. The van der Waals surface area contributed by atoms with Gasteiger partial charge in [0.15, 0.2) is 0 Å². The zero-order valence-corrected chi connectivity index (χ0v) is 2.34. The fourth-order valence-corrected chi connectivity index (χ4v) is 0. The maximum atomic E-state index is 9.00. The van der Waals surface area contributed by atoms with Gasteiger partial charge in [-0.1, -0.05) is 0 Å². The number of carbonyl (C=O) groups is 1. The normalized spacial score (nSPS) is 5.60. The van der Waals surface area contributed by atoms with Crippen molar-refractivity contribution in [1.82, 2.24) is 0 Å². The molecule has 0 spiro atoms. The minimum atomic E-state index is -1.43. The fraction of sp³-hybridized carbons (Fsp3) is 0. The molecular weight excluding hydrogens is 70.8 g/mol. The molecule has 0 fully saturated rings. The van der Waals surface area contributed by atoms with Crippen LogP contribution in [0.2, 0.25) is 0 Å². The molecule has 0 saturated carbocycles. The summed E-state index contributed by atoms with van der Waals surface area (Å²) in [4.78, 5) is 9.00. The van der Waals surface area contributed by atoms with Gasteiger partial charge in [0, 0.05) is 0 Å². The Morgan fingerprint density at radius 1 is 1.80 bits per heavy atom. The van der Waals surface area contributed by atoms with Gasteiger partial charge in [-0.05, 0) is 0 Å². The summed E-state index contributed by atoms with van der Waals surface area (Å²) in [6.45, 7) is 0. The molecular formula is CHBO3. The average Bonchev–Trinajstić information content (AvgIpc) is 1.38. The van der Waals surface area contributed by atoms with Crippen LogP contribution in [0.15, 0.2) is 0 Å². The fourth-order valence-electron chi connectivity index (χ4n) is 0. The first-order valence-electron chi connectivity index (χ1n) is 0.952. The number of rotatable bonds is 1. The third-order valence-electron chi connectivity index (χ3n) is 0.101. The number of hydrogen-bond acceptors (Lipinski definition) is 2. The van der Waals surface area contributed by atoms with E-state index in [4.69, 9.17) is 14.6 Å². The molecule has 0 atom stereocenters. The third kappa shape index (κ3) is 3.33. The van der Waals surface area contributed by atoms with Crippen LogP contribution < -0.4 is 0 Å². The molecule has 0 aromatic carbocycles. The van der Waals surface area contributed by atoms with Crippen LogP contribution in [0.3, 0.4) is 0 Å². The Balaban J connectivity index is 3.20. The summed E-state index contributed by atoms with van der Waals surface area (Å²) in [7, 11) is -0.167. The summed E-state index contributed by atoms with van der Waals surface area (Å²) in [5, 5.41) is 7.35. The third-order valence-corrected chi connectivity index (χ3v) is 0.101. The first kappa shape index (κ1) is 4.33. The Hall–Kier alpha value is -0.665. The first-order chi connectivity index (χ1) is 2.27. The van der Waals surface area contributed by atoms with E-state index in [1.807, 2.05) is 0 Å². The molecule has 26 valence electrons. The zero-order valence-electron chi connectivity index (χ0n) is 2.34.